The molecule has 0 aromatic heterocycles. The molecule has 2 unspecified atom stereocenters. The minimum absolute atomic E-state index is 0.0640. The molecule has 4 nitrogen and oxygen atoms in total. The maximum atomic E-state index is 11.6. The summed E-state index contributed by atoms with van der Waals surface area (Å²) in [6.07, 6.45) is 4.97. The van der Waals surface area contributed by atoms with E-state index in [4.69, 9.17) is 4.52 Å². The van der Waals surface area contributed by atoms with Crippen LogP contribution in [0, 0.1) is 5.92 Å². The number of hydrogen-bond donors (Lipinski definition) is 1. The van der Waals surface area contributed by atoms with Gasteiger partial charge in [-0.2, -0.15) is 0 Å². The molecule has 1 amide bonds. The van der Waals surface area contributed by atoms with Crippen LogP contribution in [0.5, 0.6) is 0 Å². The molecule has 0 spiro atoms. The Balaban J connectivity index is 0.000000686. The molecule has 0 bridgehead atoms. The van der Waals surface area contributed by atoms with Crippen molar-refractivity contribution in [3.05, 3.63) is 11.8 Å². The Kier molecular flexibility index (Phi) is 6.53. The predicted octanol–water partition coefficient (Wildman–Crippen LogP) is 2.28. The Morgan fingerprint density at radius 1 is 1.41 bits per heavy atom. The highest BCUT2D eigenvalue weighted by Gasteiger charge is 2.25. The van der Waals surface area contributed by atoms with Gasteiger partial charge in [0.15, 0.2) is 8.96 Å². The van der Waals surface area contributed by atoms with Gasteiger partial charge >= 0.3 is 0 Å². The molecule has 0 radical (unpaired) electrons. The molecule has 0 aliphatic carbocycles. The number of hydrogen-bond acceptors (Lipinski definition) is 3. The highest BCUT2D eigenvalue weighted by Crippen LogP contribution is 2.28. The predicted molar refractivity (Wildman–Crippen MR) is 71.8 cm³/mol. The van der Waals surface area contributed by atoms with Crippen molar-refractivity contribution in [1.82, 2.24) is 9.99 Å². The lowest BCUT2D eigenvalue weighted by Crippen LogP contribution is -2.26. The quantitative estimate of drug-likeness (QED) is 0.734. The Labute approximate surface area is 106 Å². The van der Waals surface area contributed by atoms with Crippen LogP contribution >= 0.6 is 8.96 Å². The second-order valence-electron chi connectivity index (χ2n) is 4.18. The van der Waals surface area contributed by atoms with E-state index in [1.165, 1.54) is 0 Å². The lowest BCUT2D eigenvalue weighted by atomic mass is 9.92. The number of amides is 1. The van der Waals surface area contributed by atoms with E-state index in [9.17, 15) is 4.79 Å². The largest absolute Gasteiger partial charge is 0.463 e. The van der Waals surface area contributed by atoms with Crippen molar-refractivity contribution < 1.29 is 9.32 Å². The Hall–Kier alpha value is -0.600. The van der Waals surface area contributed by atoms with Crippen molar-refractivity contribution in [3.63, 3.8) is 0 Å². The first-order valence-electron chi connectivity index (χ1n) is 6.37. The average molecular weight is 258 g/mol. The highest BCUT2D eigenvalue weighted by molar-refractivity contribution is 7.31. The molecule has 17 heavy (non-hydrogen) atoms. The van der Waals surface area contributed by atoms with Gasteiger partial charge < -0.3 is 14.5 Å². The van der Waals surface area contributed by atoms with Gasteiger partial charge in [0.1, 0.15) is 0 Å². The molecular formula is C12H23N2O2P. The maximum absolute atomic E-state index is 11.6. The van der Waals surface area contributed by atoms with Gasteiger partial charge in [0.05, 0.1) is 11.8 Å². The fraction of sp³-hybridized carbons (Fsp3) is 0.750. The lowest BCUT2D eigenvalue weighted by molar-refractivity contribution is -0.116. The summed E-state index contributed by atoms with van der Waals surface area (Å²) in [6, 6.07) is 0. The van der Waals surface area contributed by atoms with Crippen LogP contribution in [0.1, 0.15) is 33.1 Å². The molecular weight excluding hydrogens is 235 g/mol. The summed E-state index contributed by atoms with van der Waals surface area (Å²) in [5.74, 6) is 0.439. The first-order valence-corrected chi connectivity index (χ1v) is 7.28. The van der Waals surface area contributed by atoms with E-state index >= 15 is 0 Å². The summed E-state index contributed by atoms with van der Waals surface area (Å²) >= 11 is 0. The zero-order chi connectivity index (χ0) is 12.7. The topological polar surface area (TPSA) is 41.6 Å². The maximum Gasteiger partial charge on any atom is 0.256 e. The Morgan fingerprint density at radius 2 is 2.18 bits per heavy atom. The van der Waals surface area contributed by atoms with E-state index in [0.717, 1.165) is 37.9 Å². The molecule has 98 valence electrons. The van der Waals surface area contributed by atoms with Gasteiger partial charge in [-0.25, -0.2) is 0 Å². The zero-order valence-electron chi connectivity index (χ0n) is 11.0. The summed E-state index contributed by atoms with van der Waals surface area (Å²) in [4.78, 5) is 13.9. The molecule has 2 aliphatic heterocycles. The minimum atomic E-state index is 0.0640. The smallest absolute Gasteiger partial charge is 0.256 e. The number of likely N-dealkylation sites (tertiary alicyclic amines) is 1. The molecule has 5 heteroatoms. The number of rotatable bonds is 1. The average Bonchev–Trinajstić information content (AvgIpc) is 2.57. The molecule has 2 rings (SSSR count). The third-order valence-electron chi connectivity index (χ3n) is 3.06. The molecule has 1 N–H and O–H groups in total. The van der Waals surface area contributed by atoms with Crippen LogP contribution in [0.4, 0.5) is 0 Å². The van der Waals surface area contributed by atoms with Crippen LogP contribution < -0.4 is 5.09 Å². The van der Waals surface area contributed by atoms with Gasteiger partial charge in [-0.15, -0.1) is 0 Å². The highest BCUT2D eigenvalue weighted by atomic mass is 31.1. The van der Waals surface area contributed by atoms with Gasteiger partial charge in [0, 0.05) is 0 Å². The van der Waals surface area contributed by atoms with Crippen LogP contribution in [-0.4, -0.2) is 30.9 Å². The van der Waals surface area contributed by atoms with Gasteiger partial charge in [-0.1, -0.05) is 13.8 Å². The third-order valence-corrected chi connectivity index (χ3v) is 3.63. The van der Waals surface area contributed by atoms with E-state index in [1.807, 2.05) is 13.8 Å². The summed E-state index contributed by atoms with van der Waals surface area (Å²) in [5.41, 5.74) is 0.837. The number of nitrogens with zero attached hydrogens (tertiary/aromatic N) is 1. The normalized spacial score (nSPS) is 27.1. The van der Waals surface area contributed by atoms with E-state index in [-0.39, 0.29) is 14.9 Å². The molecule has 1 fully saturated rings. The fourth-order valence-corrected chi connectivity index (χ4v) is 2.61. The summed E-state index contributed by atoms with van der Waals surface area (Å²) in [6.45, 7) is 6.20. The van der Waals surface area contributed by atoms with Gasteiger partial charge in [-0.3, -0.25) is 4.79 Å². The second-order valence-corrected chi connectivity index (χ2v) is 4.87. The van der Waals surface area contributed by atoms with Crippen molar-refractivity contribution in [2.45, 2.75) is 33.1 Å². The summed E-state index contributed by atoms with van der Waals surface area (Å²) in [5, 5.41) is 2.75. The lowest BCUT2D eigenvalue weighted by Gasteiger charge is -2.21. The molecule has 0 aromatic rings. The van der Waals surface area contributed by atoms with Crippen LogP contribution in [-0.2, 0) is 9.32 Å². The standard InChI is InChI=1S/C10H17N2O2P.C2H6/c1-12-5-2-3-8(4-6-12)9-7-14-15-11-10(9)13;1-2/h7-8,15H,2-6H2,1H3,(H,11,13);1-2H3. The minimum Gasteiger partial charge on any atom is -0.463 e. The van der Waals surface area contributed by atoms with Crippen molar-refractivity contribution in [2.24, 2.45) is 5.92 Å². The molecule has 0 aromatic carbocycles. The summed E-state index contributed by atoms with van der Waals surface area (Å²) in [7, 11) is 2.22. The Morgan fingerprint density at radius 3 is 2.88 bits per heavy atom. The van der Waals surface area contributed by atoms with Crippen molar-refractivity contribution >= 4 is 14.9 Å². The Bertz CT molecular complexity index is 282. The zero-order valence-corrected chi connectivity index (χ0v) is 12.0. The van der Waals surface area contributed by atoms with E-state index in [2.05, 4.69) is 17.0 Å². The first-order chi connectivity index (χ1) is 8.27. The number of nitrogens with one attached hydrogen (secondary N) is 1. The van der Waals surface area contributed by atoms with Crippen molar-refractivity contribution in [3.8, 4) is 0 Å². The van der Waals surface area contributed by atoms with Crippen molar-refractivity contribution in [2.75, 3.05) is 20.1 Å². The van der Waals surface area contributed by atoms with Gasteiger partial charge in [-0.05, 0) is 45.3 Å². The first kappa shape index (κ1) is 14.5. The third kappa shape index (κ3) is 4.29. The summed E-state index contributed by atoms with van der Waals surface area (Å²) < 4.78 is 5.19. The molecule has 2 atom stereocenters. The van der Waals surface area contributed by atoms with Gasteiger partial charge in [0.25, 0.3) is 5.91 Å². The van der Waals surface area contributed by atoms with Crippen LogP contribution in [0.3, 0.4) is 0 Å². The van der Waals surface area contributed by atoms with E-state index in [0.29, 0.717) is 5.92 Å². The fourth-order valence-electron chi connectivity index (χ4n) is 2.13. The number of carbonyl (C=O) groups is 1. The van der Waals surface area contributed by atoms with Gasteiger partial charge in [0.2, 0.25) is 0 Å². The molecule has 2 aliphatic rings. The van der Waals surface area contributed by atoms with Crippen LogP contribution in [0.25, 0.3) is 0 Å². The van der Waals surface area contributed by atoms with Crippen LogP contribution in [0.2, 0.25) is 0 Å². The van der Waals surface area contributed by atoms with E-state index in [1.54, 1.807) is 6.26 Å². The molecule has 2 heterocycles. The number of carbonyl (C=O) groups excluding carboxylic acids is 1. The monoisotopic (exact) mass is 258 g/mol. The van der Waals surface area contributed by atoms with Crippen molar-refractivity contribution in [1.29, 1.82) is 0 Å². The molecule has 0 saturated carbocycles. The van der Waals surface area contributed by atoms with Crippen LogP contribution in [0.15, 0.2) is 11.8 Å². The SMILES string of the molecule is CC.CN1CCCC(C2=COPNC2=O)CC1. The van der Waals surface area contributed by atoms with E-state index < -0.39 is 0 Å². The molecule has 1 saturated heterocycles. The second kappa shape index (κ2) is 7.67.